The Morgan fingerprint density at radius 2 is 0.918 bits per heavy atom. The Bertz CT molecular complexity index is 2510. The van der Waals surface area contributed by atoms with Gasteiger partial charge < -0.3 is 37.6 Å². The average molecular weight is 823 g/mol. The predicted molar refractivity (Wildman–Crippen MR) is 246 cm³/mol. The van der Waals surface area contributed by atoms with Crippen LogP contribution < -0.4 is 0 Å². The SMILES string of the molecule is CCC1(COCCCCCOCc2ccc3c(c2)c2cc4c(cc2n3-c2ccccc2)c2cc(COCCCCCOCC3(C)COC3)ccc2n4-c2ccccc2)COC1. The van der Waals surface area contributed by atoms with E-state index in [1.165, 1.54) is 54.7 Å². The van der Waals surface area contributed by atoms with E-state index in [0.717, 1.165) is 122 Å². The zero-order valence-corrected chi connectivity index (χ0v) is 36.2. The van der Waals surface area contributed by atoms with Gasteiger partial charge in [-0.1, -0.05) is 62.4 Å². The zero-order valence-electron chi connectivity index (χ0n) is 36.2. The van der Waals surface area contributed by atoms with E-state index in [0.29, 0.717) is 13.2 Å². The van der Waals surface area contributed by atoms with Gasteiger partial charge in [0.05, 0.1) is 74.9 Å². The van der Waals surface area contributed by atoms with Crippen molar-refractivity contribution in [3.8, 4) is 11.4 Å². The van der Waals surface area contributed by atoms with Crippen molar-refractivity contribution in [2.24, 2.45) is 10.8 Å². The van der Waals surface area contributed by atoms with Gasteiger partial charge in [0.1, 0.15) is 0 Å². The predicted octanol–water partition coefficient (Wildman–Crippen LogP) is 11.8. The van der Waals surface area contributed by atoms with Gasteiger partial charge >= 0.3 is 0 Å². The highest BCUT2D eigenvalue weighted by Gasteiger charge is 2.37. The molecule has 0 radical (unpaired) electrons. The molecule has 7 aromatic rings. The van der Waals surface area contributed by atoms with Crippen LogP contribution in [0.2, 0.25) is 0 Å². The Labute approximate surface area is 360 Å². The summed E-state index contributed by atoms with van der Waals surface area (Å²) in [7, 11) is 0. The van der Waals surface area contributed by atoms with E-state index < -0.39 is 0 Å². The van der Waals surface area contributed by atoms with Crippen LogP contribution in [0.3, 0.4) is 0 Å². The van der Waals surface area contributed by atoms with Crippen LogP contribution in [0.25, 0.3) is 55.0 Å². The molecule has 8 heteroatoms. The molecule has 2 aromatic heterocycles. The van der Waals surface area contributed by atoms with Crippen LogP contribution in [0.15, 0.2) is 109 Å². The number of fused-ring (bicyclic) bond motifs is 6. The summed E-state index contributed by atoms with van der Waals surface area (Å²) >= 11 is 0. The lowest BCUT2D eigenvalue weighted by atomic mass is 9.84. The quantitative estimate of drug-likeness (QED) is 0.0599. The van der Waals surface area contributed by atoms with Gasteiger partial charge in [-0.25, -0.2) is 0 Å². The Morgan fingerprint density at radius 1 is 0.475 bits per heavy atom. The summed E-state index contributed by atoms with van der Waals surface area (Å²) in [5, 5.41) is 4.92. The van der Waals surface area contributed by atoms with Crippen molar-refractivity contribution < 1.29 is 28.4 Å². The molecule has 8 nitrogen and oxygen atoms in total. The van der Waals surface area contributed by atoms with Crippen LogP contribution in [0, 0.1) is 10.8 Å². The molecule has 2 aliphatic heterocycles. The first kappa shape index (κ1) is 41.8. The fraction of sp³-hybridized carbons (Fsp3) is 0.434. The van der Waals surface area contributed by atoms with Crippen molar-refractivity contribution in [2.45, 2.75) is 72.0 Å². The number of unbranched alkanes of at least 4 members (excludes halogenated alkanes) is 4. The van der Waals surface area contributed by atoms with Gasteiger partial charge in [-0.15, -0.1) is 0 Å². The van der Waals surface area contributed by atoms with Gasteiger partial charge in [-0.05, 0) is 117 Å². The fourth-order valence-electron chi connectivity index (χ4n) is 8.99. The number of benzene rings is 5. The van der Waals surface area contributed by atoms with Gasteiger partial charge in [-0.2, -0.15) is 0 Å². The lowest BCUT2D eigenvalue weighted by Gasteiger charge is -2.40. The smallest absolute Gasteiger partial charge is 0.0717 e. The Morgan fingerprint density at radius 3 is 1.34 bits per heavy atom. The molecule has 5 aromatic carbocycles. The second-order valence-electron chi connectivity index (χ2n) is 17.9. The molecular formula is C53H62N2O6. The van der Waals surface area contributed by atoms with Crippen molar-refractivity contribution >= 4 is 43.6 Å². The van der Waals surface area contributed by atoms with Crippen molar-refractivity contribution in [1.82, 2.24) is 9.13 Å². The Balaban J connectivity index is 0.931. The molecule has 61 heavy (non-hydrogen) atoms. The third-order valence-electron chi connectivity index (χ3n) is 12.8. The number of nitrogens with zero attached hydrogens (tertiary/aromatic N) is 2. The van der Waals surface area contributed by atoms with Gasteiger partial charge in [-0.3, -0.25) is 0 Å². The van der Waals surface area contributed by atoms with Crippen LogP contribution in [0.1, 0.15) is 69.9 Å². The summed E-state index contributed by atoms with van der Waals surface area (Å²) in [6.45, 7) is 13.6. The number of rotatable bonds is 23. The largest absolute Gasteiger partial charge is 0.381 e. The van der Waals surface area contributed by atoms with Crippen molar-refractivity contribution in [2.75, 3.05) is 66.1 Å². The minimum Gasteiger partial charge on any atom is -0.381 e. The molecule has 4 heterocycles. The molecule has 0 N–H and O–H groups in total. The molecule has 320 valence electrons. The molecular weight excluding hydrogens is 761 g/mol. The maximum Gasteiger partial charge on any atom is 0.0717 e. The summed E-state index contributed by atoms with van der Waals surface area (Å²) in [5.74, 6) is 0. The third kappa shape index (κ3) is 9.31. The number of para-hydroxylation sites is 2. The second kappa shape index (κ2) is 19.2. The van der Waals surface area contributed by atoms with Crippen molar-refractivity contribution in [3.63, 3.8) is 0 Å². The Hall–Kier alpha value is -4.54. The number of ether oxygens (including phenoxy) is 6. The highest BCUT2D eigenvalue weighted by molar-refractivity contribution is 6.19. The van der Waals surface area contributed by atoms with Gasteiger partial charge in [0.25, 0.3) is 0 Å². The number of aromatic nitrogens is 2. The molecule has 2 saturated heterocycles. The van der Waals surface area contributed by atoms with Gasteiger partial charge in [0.15, 0.2) is 0 Å². The van der Waals surface area contributed by atoms with E-state index in [9.17, 15) is 0 Å². The summed E-state index contributed by atoms with van der Waals surface area (Å²) in [6, 6.07) is 40.0. The molecule has 0 bridgehead atoms. The molecule has 0 spiro atoms. The van der Waals surface area contributed by atoms with Crippen LogP contribution in [-0.4, -0.2) is 75.2 Å². The monoisotopic (exact) mass is 822 g/mol. The van der Waals surface area contributed by atoms with E-state index >= 15 is 0 Å². The average Bonchev–Trinajstić information content (AvgIpc) is 3.76. The van der Waals surface area contributed by atoms with E-state index in [1.54, 1.807) is 0 Å². The highest BCUT2D eigenvalue weighted by Crippen LogP contribution is 2.40. The Kier molecular flexibility index (Phi) is 13.2. The van der Waals surface area contributed by atoms with E-state index in [-0.39, 0.29) is 10.8 Å². The molecule has 0 unspecified atom stereocenters. The molecule has 0 saturated carbocycles. The van der Waals surface area contributed by atoms with Crippen molar-refractivity contribution in [3.05, 3.63) is 120 Å². The lowest BCUT2D eigenvalue weighted by molar-refractivity contribution is -0.150. The molecule has 2 fully saturated rings. The summed E-state index contributed by atoms with van der Waals surface area (Å²) in [5.41, 5.74) is 9.90. The number of hydrogen-bond donors (Lipinski definition) is 0. The first-order chi connectivity index (χ1) is 30.0. The van der Waals surface area contributed by atoms with Crippen LogP contribution in [0.4, 0.5) is 0 Å². The van der Waals surface area contributed by atoms with E-state index in [4.69, 9.17) is 28.4 Å². The van der Waals surface area contributed by atoms with Crippen molar-refractivity contribution in [1.29, 1.82) is 0 Å². The first-order valence-electron chi connectivity index (χ1n) is 22.6. The molecule has 0 amide bonds. The molecule has 9 rings (SSSR count). The first-order valence-corrected chi connectivity index (χ1v) is 22.6. The van der Waals surface area contributed by atoms with Crippen LogP contribution in [-0.2, 0) is 41.6 Å². The topological polar surface area (TPSA) is 65.2 Å². The minimum atomic E-state index is 0.213. The molecule has 0 aliphatic carbocycles. The summed E-state index contributed by atoms with van der Waals surface area (Å²) in [4.78, 5) is 0. The maximum atomic E-state index is 6.26. The normalized spacial score (nSPS) is 15.8. The maximum absolute atomic E-state index is 6.26. The highest BCUT2D eigenvalue weighted by atomic mass is 16.5. The zero-order chi connectivity index (χ0) is 41.5. The fourth-order valence-corrected chi connectivity index (χ4v) is 8.99. The summed E-state index contributed by atoms with van der Waals surface area (Å²) < 4.78 is 40.1. The van der Waals surface area contributed by atoms with Crippen LogP contribution in [0.5, 0.6) is 0 Å². The van der Waals surface area contributed by atoms with Crippen LogP contribution >= 0.6 is 0 Å². The lowest BCUT2D eigenvalue weighted by Crippen LogP contribution is -2.45. The van der Waals surface area contributed by atoms with Gasteiger partial charge in [0.2, 0.25) is 0 Å². The number of hydrogen-bond acceptors (Lipinski definition) is 6. The molecule has 0 atom stereocenters. The van der Waals surface area contributed by atoms with E-state index in [2.05, 4.69) is 132 Å². The van der Waals surface area contributed by atoms with Gasteiger partial charge in [0, 0.05) is 70.2 Å². The third-order valence-corrected chi connectivity index (χ3v) is 12.8. The standard InChI is InChI=1S/C53H62N2O6/c1-3-53(38-61-39-53)37-59-27-15-7-13-25-57-33-41-21-23-49-45(29-41)47-31-50-46(30-51(47)55(49)43-18-10-5-11-19-43)44-28-40(20-22-48(44)54(50)42-16-8-4-9-17-42)32-56-24-12-6-14-26-58-34-52(2)35-60-36-52/h4-5,8-11,16-23,28-31H,3,6-7,12-15,24-27,32-39H2,1-2H3. The van der Waals surface area contributed by atoms with E-state index in [1.807, 2.05) is 0 Å². The second-order valence-corrected chi connectivity index (χ2v) is 17.9. The summed E-state index contributed by atoms with van der Waals surface area (Å²) in [6.07, 6.45) is 7.50. The molecule has 2 aliphatic rings. The minimum absolute atomic E-state index is 0.213.